The highest BCUT2D eigenvalue weighted by atomic mass is 35.5. The van der Waals surface area contributed by atoms with Gasteiger partial charge in [0.05, 0.1) is 19.3 Å². The molecule has 2 aliphatic heterocycles. The summed E-state index contributed by atoms with van der Waals surface area (Å²) < 4.78 is 5.49. The molecule has 5 nitrogen and oxygen atoms in total. The Labute approximate surface area is 167 Å². The minimum atomic E-state index is 0.128. The largest absolute Gasteiger partial charge is 0.379 e. The second kappa shape index (κ2) is 10.4. The maximum absolute atomic E-state index is 12.6. The summed E-state index contributed by atoms with van der Waals surface area (Å²) >= 11 is 6.21. The first-order valence-electron chi connectivity index (χ1n) is 10.2. The van der Waals surface area contributed by atoms with Gasteiger partial charge in [-0.3, -0.25) is 9.69 Å². The quantitative estimate of drug-likeness (QED) is 0.747. The van der Waals surface area contributed by atoms with Gasteiger partial charge in [-0.1, -0.05) is 30.7 Å². The van der Waals surface area contributed by atoms with Crippen molar-refractivity contribution in [3.63, 3.8) is 0 Å². The molecule has 0 aromatic heterocycles. The highest BCUT2D eigenvalue weighted by molar-refractivity contribution is 6.30. The van der Waals surface area contributed by atoms with Gasteiger partial charge in [-0.05, 0) is 55.5 Å². The third-order valence-corrected chi connectivity index (χ3v) is 6.09. The lowest BCUT2D eigenvalue weighted by Gasteiger charge is -2.35. The van der Waals surface area contributed by atoms with Crippen molar-refractivity contribution in [2.45, 2.75) is 32.2 Å². The minimum Gasteiger partial charge on any atom is -0.379 e. The van der Waals surface area contributed by atoms with Crippen LogP contribution < -0.4 is 10.6 Å². The van der Waals surface area contributed by atoms with E-state index in [1.807, 2.05) is 18.2 Å². The molecule has 3 rings (SSSR count). The molecule has 2 aliphatic rings. The molecule has 2 N–H and O–H groups in total. The third-order valence-electron chi connectivity index (χ3n) is 5.86. The first kappa shape index (κ1) is 20.6. The number of nitrogens with one attached hydrogen (secondary N) is 2. The summed E-state index contributed by atoms with van der Waals surface area (Å²) in [5.74, 6) is 1.16. The highest BCUT2D eigenvalue weighted by Crippen LogP contribution is 2.25. The molecule has 1 aromatic carbocycles. The molecule has 0 radical (unpaired) electrons. The van der Waals surface area contributed by atoms with Gasteiger partial charge in [0.1, 0.15) is 0 Å². The standard InChI is InChI=1S/C21H32ClN3O2/c1-16(18-5-3-7-23-14-18)12-21(26)24-15-20(25-8-10-27-11-9-25)17-4-2-6-19(22)13-17/h2,4,6,13,16,18,20,23H,3,5,7-12,14-15H2,1H3,(H,24,26). The summed E-state index contributed by atoms with van der Waals surface area (Å²) in [6, 6.07) is 8.09. The number of nitrogens with zero attached hydrogens (tertiary/aromatic N) is 1. The molecule has 1 amide bonds. The van der Waals surface area contributed by atoms with E-state index < -0.39 is 0 Å². The van der Waals surface area contributed by atoms with E-state index in [0.29, 0.717) is 24.8 Å². The Morgan fingerprint density at radius 2 is 2.22 bits per heavy atom. The summed E-state index contributed by atoms with van der Waals surface area (Å²) in [7, 11) is 0. The van der Waals surface area contributed by atoms with Gasteiger partial charge >= 0.3 is 0 Å². The van der Waals surface area contributed by atoms with Gasteiger partial charge in [0.2, 0.25) is 5.91 Å². The molecular formula is C21H32ClN3O2. The van der Waals surface area contributed by atoms with E-state index in [-0.39, 0.29) is 11.9 Å². The zero-order chi connectivity index (χ0) is 19.1. The maximum Gasteiger partial charge on any atom is 0.220 e. The first-order chi connectivity index (χ1) is 13.1. The third kappa shape index (κ3) is 6.18. The lowest BCUT2D eigenvalue weighted by molar-refractivity contribution is -0.122. The summed E-state index contributed by atoms with van der Waals surface area (Å²) in [5.41, 5.74) is 1.15. The number of hydrogen-bond donors (Lipinski definition) is 2. The van der Waals surface area contributed by atoms with Crippen molar-refractivity contribution in [2.24, 2.45) is 11.8 Å². The van der Waals surface area contributed by atoms with Gasteiger partial charge in [-0.2, -0.15) is 0 Å². The topological polar surface area (TPSA) is 53.6 Å². The average Bonchev–Trinajstić information content (AvgIpc) is 2.70. The Kier molecular flexibility index (Phi) is 7.94. The highest BCUT2D eigenvalue weighted by Gasteiger charge is 2.25. The molecule has 0 aliphatic carbocycles. The van der Waals surface area contributed by atoms with Gasteiger partial charge in [-0.25, -0.2) is 0 Å². The Hall–Kier alpha value is -1.14. The van der Waals surface area contributed by atoms with E-state index in [2.05, 4.69) is 28.5 Å². The summed E-state index contributed by atoms with van der Waals surface area (Å²) in [6.45, 7) is 8.16. The van der Waals surface area contributed by atoms with Gasteiger partial charge in [0, 0.05) is 31.1 Å². The number of hydrogen-bond acceptors (Lipinski definition) is 4. The molecule has 1 aromatic rings. The fourth-order valence-corrected chi connectivity index (χ4v) is 4.37. The van der Waals surface area contributed by atoms with Crippen molar-refractivity contribution >= 4 is 17.5 Å². The first-order valence-corrected chi connectivity index (χ1v) is 10.6. The average molecular weight is 394 g/mol. The SMILES string of the molecule is CC(CC(=O)NCC(c1cccc(Cl)c1)N1CCOCC1)C1CCCNC1. The van der Waals surface area contributed by atoms with Crippen molar-refractivity contribution in [3.05, 3.63) is 34.9 Å². The van der Waals surface area contributed by atoms with Crippen LogP contribution in [0.2, 0.25) is 5.02 Å². The van der Waals surface area contributed by atoms with Crippen molar-refractivity contribution in [3.8, 4) is 0 Å². The number of amides is 1. The predicted molar refractivity (Wildman–Crippen MR) is 109 cm³/mol. The molecule has 2 saturated heterocycles. The summed E-state index contributed by atoms with van der Waals surface area (Å²) in [5, 5.41) is 7.36. The molecular weight excluding hydrogens is 362 g/mol. The van der Waals surface area contributed by atoms with Crippen molar-refractivity contribution in [1.29, 1.82) is 0 Å². The van der Waals surface area contributed by atoms with E-state index in [9.17, 15) is 4.79 Å². The molecule has 3 atom stereocenters. The molecule has 0 bridgehead atoms. The van der Waals surface area contributed by atoms with Crippen LogP contribution in [0.1, 0.15) is 37.8 Å². The number of carbonyl (C=O) groups is 1. The van der Waals surface area contributed by atoms with Crippen LogP contribution in [0.15, 0.2) is 24.3 Å². The molecule has 27 heavy (non-hydrogen) atoms. The lowest BCUT2D eigenvalue weighted by Crippen LogP contribution is -2.44. The van der Waals surface area contributed by atoms with Crippen molar-refractivity contribution < 1.29 is 9.53 Å². The van der Waals surface area contributed by atoms with Gasteiger partial charge in [0.25, 0.3) is 0 Å². The zero-order valence-corrected chi connectivity index (χ0v) is 17.0. The predicted octanol–water partition coefficient (Wildman–Crippen LogP) is 2.86. The number of rotatable bonds is 7. The Bertz CT molecular complexity index is 601. The Morgan fingerprint density at radius 3 is 2.93 bits per heavy atom. The molecule has 150 valence electrons. The monoisotopic (exact) mass is 393 g/mol. The van der Waals surface area contributed by atoms with Crippen LogP contribution in [0.3, 0.4) is 0 Å². The van der Waals surface area contributed by atoms with Crippen molar-refractivity contribution in [2.75, 3.05) is 45.9 Å². The maximum atomic E-state index is 12.6. The van der Waals surface area contributed by atoms with Gasteiger partial charge in [-0.15, -0.1) is 0 Å². The number of carbonyl (C=O) groups excluding carboxylic acids is 1. The Morgan fingerprint density at radius 1 is 1.41 bits per heavy atom. The van der Waals surface area contributed by atoms with E-state index in [1.54, 1.807) is 0 Å². The molecule has 2 fully saturated rings. The van der Waals surface area contributed by atoms with Crippen LogP contribution in [-0.4, -0.2) is 56.7 Å². The van der Waals surface area contributed by atoms with Crippen LogP contribution in [0.25, 0.3) is 0 Å². The normalized spacial score (nSPS) is 23.6. The summed E-state index contributed by atoms with van der Waals surface area (Å²) in [4.78, 5) is 15.0. The van der Waals surface area contributed by atoms with Crippen LogP contribution >= 0.6 is 11.6 Å². The number of ether oxygens (including phenoxy) is 1. The van der Waals surface area contributed by atoms with E-state index in [0.717, 1.165) is 50.0 Å². The zero-order valence-electron chi connectivity index (χ0n) is 16.3. The lowest BCUT2D eigenvalue weighted by atomic mass is 9.85. The fraction of sp³-hybridized carbons (Fsp3) is 0.667. The molecule has 2 heterocycles. The van der Waals surface area contributed by atoms with Gasteiger partial charge in [0.15, 0.2) is 0 Å². The number of piperidine rings is 1. The molecule has 3 unspecified atom stereocenters. The molecule has 0 saturated carbocycles. The van der Waals surface area contributed by atoms with E-state index >= 15 is 0 Å². The van der Waals surface area contributed by atoms with Gasteiger partial charge < -0.3 is 15.4 Å². The number of morpholine rings is 1. The minimum absolute atomic E-state index is 0.128. The number of benzene rings is 1. The van der Waals surface area contributed by atoms with E-state index in [4.69, 9.17) is 16.3 Å². The van der Waals surface area contributed by atoms with Crippen LogP contribution in [0, 0.1) is 11.8 Å². The smallest absolute Gasteiger partial charge is 0.220 e. The fourth-order valence-electron chi connectivity index (χ4n) is 4.17. The van der Waals surface area contributed by atoms with Crippen LogP contribution in [-0.2, 0) is 9.53 Å². The second-order valence-electron chi connectivity index (χ2n) is 7.81. The Balaban J connectivity index is 1.57. The van der Waals surface area contributed by atoms with Crippen LogP contribution in [0.5, 0.6) is 0 Å². The number of halogens is 1. The molecule has 0 spiro atoms. The van der Waals surface area contributed by atoms with Crippen LogP contribution in [0.4, 0.5) is 0 Å². The second-order valence-corrected chi connectivity index (χ2v) is 8.25. The van der Waals surface area contributed by atoms with E-state index in [1.165, 1.54) is 12.8 Å². The molecule has 6 heteroatoms. The van der Waals surface area contributed by atoms with Crippen molar-refractivity contribution in [1.82, 2.24) is 15.5 Å². The summed E-state index contributed by atoms with van der Waals surface area (Å²) in [6.07, 6.45) is 3.03.